The number of carbonyl (C=O) groups is 1. The van der Waals surface area contributed by atoms with Crippen LogP contribution in [0.3, 0.4) is 0 Å². The monoisotopic (exact) mass is 426 g/mol. The van der Waals surface area contributed by atoms with Crippen LogP contribution in [0, 0.1) is 10.1 Å². The average Bonchev–Trinajstić information content (AvgIpc) is 3.28. The molecule has 1 aromatic heterocycles. The summed E-state index contributed by atoms with van der Waals surface area (Å²) in [6.45, 7) is 1.82. The van der Waals surface area contributed by atoms with E-state index in [9.17, 15) is 14.9 Å². The van der Waals surface area contributed by atoms with E-state index in [1.807, 2.05) is 6.92 Å². The van der Waals surface area contributed by atoms with Crippen molar-refractivity contribution in [3.8, 4) is 22.9 Å². The molecule has 0 saturated heterocycles. The Morgan fingerprint density at radius 1 is 1.10 bits per heavy atom. The van der Waals surface area contributed by atoms with Crippen LogP contribution >= 0.6 is 0 Å². The maximum atomic E-state index is 12.7. The van der Waals surface area contributed by atoms with Gasteiger partial charge in [-0.2, -0.15) is 5.10 Å². The molecule has 3 aromatic rings. The Kier molecular flexibility index (Phi) is 6.39. The number of amides is 1. The normalized spacial score (nSPS) is 11.5. The number of non-ortho nitro benzene ring substituents is 1. The lowest BCUT2D eigenvalue weighted by atomic mass is 10.1. The molecule has 0 aliphatic carbocycles. The first-order valence-corrected chi connectivity index (χ1v) is 9.29. The zero-order valence-electron chi connectivity index (χ0n) is 17.5. The highest BCUT2D eigenvalue weighted by Crippen LogP contribution is 2.39. The summed E-state index contributed by atoms with van der Waals surface area (Å²) in [6, 6.07) is 10.7. The molecule has 162 valence electrons. The van der Waals surface area contributed by atoms with Crippen molar-refractivity contribution in [1.82, 2.24) is 15.1 Å². The summed E-state index contributed by atoms with van der Waals surface area (Å²) < 4.78 is 17.4. The fourth-order valence-electron chi connectivity index (χ4n) is 3.04. The summed E-state index contributed by atoms with van der Waals surface area (Å²) in [6.07, 6.45) is 1.57. The molecule has 0 bridgehead atoms. The quantitative estimate of drug-likeness (QED) is 0.434. The van der Waals surface area contributed by atoms with E-state index >= 15 is 0 Å². The van der Waals surface area contributed by atoms with Gasteiger partial charge in [-0.1, -0.05) is 6.07 Å². The molecule has 1 atom stereocenters. The number of ether oxygens (including phenoxy) is 3. The summed E-state index contributed by atoms with van der Waals surface area (Å²) in [7, 11) is 4.55. The number of methoxy groups -OCH3 is 3. The predicted octanol–water partition coefficient (Wildman–Crippen LogP) is 3.30. The van der Waals surface area contributed by atoms with Gasteiger partial charge in [0.2, 0.25) is 5.75 Å². The van der Waals surface area contributed by atoms with Gasteiger partial charge in [0.1, 0.15) is 0 Å². The molecule has 10 nitrogen and oxygen atoms in total. The third-order valence-electron chi connectivity index (χ3n) is 4.66. The van der Waals surface area contributed by atoms with Gasteiger partial charge in [-0.05, 0) is 36.8 Å². The number of hydrogen-bond donors (Lipinski definition) is 1. The van der Waals surface area contributed by atoms with Gasteiger partial charge >= 0.3 is 0 Å². The fraction of sp³-hybridized carbons (Fsp3) is 0.238. The molecule has 2 aromatic carbocycles. The Morgan fingerprint density at radius 3 is 2.35 bits per heavy atom. The lowest BCUT2D eigenvalue weighted by molar-refractivity contribution is -0.384. The van der Waals surface area contributed by atoms with Crippen LogP contribution in [0.25, 0.3) is 5.69 Å². The lowest BCUT2D eigenvalue weighted by Gasteiger charge is -2.18. The van der Waals surface area contributed by atoms with E-state index in [1.165, 1.54) is 44.2 Å². The van der Waals surface area contributed by atoms with Crippen LogP contribution in [0.2, 0.25) is 0 Å². The van der Waals surface area contributed by atoms with Crippen LogP contribution in [-0.4, -0.2) is 41.9 Å². The minimum Gasteiger partial charge on any atom is -0.493 e. The molecule has 0 radical (unpaired) electrons. The minimum atomic E-state index is -0.486. The van der Waals surface area contributed by atoms with Crippen molar-refractivity contribution in [3.05, 3.63) is 70.0 Å². The molecule has 0 spiro atoms. The Labute approximate surface area is 178 Å². The molecule has 31 heavy (non-hydrogen) atoms. The van der Waals surface area contributed by atoms with Gasteiger partial charge in [-0.3, -0.25) is 14.9 Å². The second-order valence-electron chi connectivity index (χ2n) is 6.58. The van der Waals surface area contributed by atoms with Crippen LogP contribution in [-0.2, 0) is 0 Å². The van der Waals surface area contributed by atoms with Crippen LogP contribution in [0.1, 0.15) is 29.0 Å². The summed E-state index contributed by atoms with van der Waals surface area (Å²) in [4.78, 5) is 23.2. The van der Waals surface area contributed by atoms with Crippen molar-refractivity contribution >= 4 is 11.6 Å². The van der Waals surface area contributed by atoms with Gasteiger partial charge in [0, 0.05) is 18.3 Å². The first-order valence-electron chi connectivity index (χ1n) is 9.29. The van der Waals surface area contributed by atoms with E-state index in [0.29, 0.717) is 22.9 Å². The highest BCUT2D eigenvalue weighted by molar-refractivity contribution is 5.92. The number of nitrogens with zero attached hydrogens (tertiary/aromatic N) is 3. The molecule has 1 amide bonds. The molecule has 0 aliphatic rings. The number of benzene rings is 2. The number of hydrogen-bond acceptors (Lipinski definition) is 7. The number of aromatic nitrogens is 2. The summed E-state index contributed by atoms with van der Waals surface area (Å²) in [5.74, 6) is 1.02. The number of nitro benzene ring substituents is 1. The smallest absolute Gasteiger partial charge is 0.272 e. The molecule has 3 rings (SSSR count). The lowest BCUT2D eigenvalue weighted by Crippen LogP contribution is -2.27. The van der Waals surface area contributed by atoms with E-state index in [4.69, 9.17) is 14.2 Å². The van der Waals surface area contributed by atoms with Crippen molar-refractivity contribution in [3.63, 3.8) is 0 Å². The zero-order valence-corrected chi connectivity index (χ0v) is 17.5. The van der Waals surface area contributed by atoms with E-state index < -0.39 is 10.8 Å². The Hall–Kier alpha value is -4.08. The molecular formula is C21H22N4O6. The second-order valence-corrected chi connectivity index (χ2v) is 6.58. The van der Waals surface area contributed by atoms with Gasteiger partial charge < -0.3 is 19.5 Å². The maximum absolute atomic E-state index is 12.7. The SMILES string of the molecule is COc1cc(C(C)NC(=O)c2ccn(-c3cccc([N+](=O)[O-])c3)n2)cc(OC)c1OC. The molecule has 0 aliphatic heterocycles. The zero-order chi connectivity index (χ0) is 22.5. The van der Waals surface area contributed by atoms with Crippen LogP contribution < -0.4 is 19.5 Å². The van der Waals surface area contributed by atoms with E-state index in [2.05, 4.69) is 10.4 Å². The number of nitro groups is 1. The van der Waals surface area contributed by atoms with E-state index in [1.54, 1.807) is 30.5 Å². The van der Waals surface area contributed by atoms with E-state index in [0.717, 1.165) is 5.56 Å². The van der Waals surface area contributed by atoms with Crippen molar-refractivity contribution in [2.75, 3.05) is 21.3 Å². The molecule has 10 heteroatoms. The fourth-order valence-corrected chi connectivity index (χ4v) is 3.04. The molecular weight excluding hydrogens is 404 g/mol. The third kappa shape index (κ3) is 4.58. The van der Waals surface area contributed by atoms with Gasteiger partial charge in [0.25, 0.3) is 11.6 Å². The van der Waals surface area contributed by atoms with Crippen molar-refractivity contribution in [1.29, 1.82) is 0 Å². The second kappa shape index (κ2) is 9.16. The summed E-state index contributed by atoms with van der Waals surface area (Å²) in [5, 5.41) is 18.1. The van der Waals surface area contributed by atoms with Gasteiger partial charge in [0.05, 0.1) is 38.0 Å². The van der Waals surface area contributed by atoms with Crippen LogP contribution in [0.5, 0.6) is 17.2 Å². The maximum Gasteiger partial charge on any atom is 0.272 e. The Bertz CT molecular complexity index is 1090. The molecule has 0 fully saturated rings. The van der Waals surface area contributed by atoms with Gasteiger partial charge in [-0.15, -0.1) is 0 Å². The Balaban J connectivity index is 1.80. The van der Waals surface area contributed by atoms with Crippen molar-refractivity contribution in [2.45, 2.75) is 13.0 Å². The first kappa shape index (κ1) is 21.6. The standard InChI is InChI=1S/C21H22N4O6/c1-13(14-10-18(29-2)20(31-4)19(11-14)30-3)22-21(26)17-8-9-24(23-17)15-6-5-7-16(12-15)25(27)28/h5-13H,1-4H3,(H,22,26). The summed E-state index contributed by atoms with van der Waals surface area (Å²) in [5.41, 5.74) is 1.34. The predicted molar refractivity (Wildman–Crippen MR) is 112 cm³/mol. The van der Waals surface area contributed by atoms with Crippen LogP contribution in [0.15, 0.2) is 48.7 Å². The Morgan fingerprint density at radius 2 is 1.77 bits per heavy atom. The van der Waals surface area contributed by atoms with Crippen molar-refractivity contribution in [2.24, 2.45) is 0 Å². The largest absolute Gasteiger partial charge is 0.493 e. The third-order valence-corrected chi connectivity index (χ3v) is 4.66. The number of carbonyl (C=O) groups excluding carboxylic acids is 1. The minimum absolute atomic E-state index is 0.0602. The summed E-state index contributed by atoms with van der Waals surface area (Å²) >= 11 is 0. The van der Waals surface area contributed by atoms with E-state index in [-0.39, 0.29) is 17.4 Å². The van der Waals surface area contributed by atoms with Crippen LogP contribution in [0.4, 0.5) is 5.69 Å². The van der Waals surface area contributed by atoms with Gasteiger partial charge in [-0.25, -0.2) is 4.68 Å². The number of rotatable bonds is 8. The highest BCUT2D eigenvalue weighted by Gasteiger charge is 2.19. The topological polar surface area (TPSA) is 118 Å². The first-order chi connectivity index (χ1) is 14.9. The highest BCUT2D eigenvalue weighted by atomic mass is 16.6. The molecule has 0 saturated carbocycles. The molecule has 1 unspecified atom stereocenters. The van der Waals surface area contributed by atoms with Crippen molar-refractivity contribution < 1.29 is 23.9 Å². The van der Waals surface area contributed by atoms with Gasteiger partial charge in [0.15, 0.2) is 17.2 Å². The number of nitrogens with one attached hydrogen (secondary N) is 1. The molecule has 1 heterocycles. The average molecular weight is 426 g/mol. The molecule has 1 N–H and O–H groups in total.